The van der Waals surface area contributed by atoms with Gasteiger partial charge in [-0.15, -0.1) is 11.3 Å². The van der Waals surface area contributed by atoms with E-state index in [2.05, 4.69) is 20.7 Å². The third-order valence-corrected chi connectivity index (χ3v) is 3.93. The maximum Gasteiger partial charge on any atom is 0.289 e. The topological polar surface area (TPSA) is 70.1 Å². The van der Waals surface area contributed by atoms with E-state index < -0.39 is 5.91 Å². The van der Waals surface area contributed by atoms with Crippen LogP contribution in [0.1, 0.15) is 20.9 Å². The zero-order valence-electron chi connectivity index (χ0n) is 12.2. The van der Waals surface area contributed by atoms with E-state index in [1.54, 1.807) is 12.1 Å². The number of aromatic amines is 1. The highest BCUT2D eigenvalue weighted by Crippen LogP contribution is 2.18. The molecule has 1 aromatic carbocycles. The van der Waals surface area contributed by atoms with Crippen molar-refractivity contribution >= 4 is 23.5 Å². The van der Waals surface area contributed by atoms with Crippen molar-refractivity contribution in [2.45, 2.75) is 6.92 Å². The first kappa shape index (κ1) is 15.1. The van der Waals surface area contributed by atoms with Gasteiger partial charge in [-0.1, -0.05) is 29.8 Å². The summed E-state index contributed by atoms with van der Waals surface area (Å²) in [5.41, 5.74) is 5.43. The summed E-state index contributed by atoms with van der Waals surface area (Å²) in [6.45, 7) is 2.00. The molecule has 3 aromatic rings. The summed E-state index contributed by atoms with van der Waals surface area (Å²) in [5, 5.41) is 10.3. The number of rotatable bonds is 4. The Bertz CT molecular complexity index is 851. The van der Waals surface area contributed by atoms with Crippen molar-refractivity contribution in [2.24, 2.45) is 5.10 Å². The van der Waals surface area contributed by atoms with E-state index in [-0.39, 0.29) is 5.13 Å². The Morgan fingerprint density at radius 2 is 2.09 bits per heavy atom. The molecule has 5 nitrogen and oxygen atoms in total. The van der Waals surface area contributed by atoms with Crippen molar-refractivity contribution in [1.29, 1.82) is 0 Å². The highest BCUT2D eigenvalue weighted by atomic mass is 32.1. The molecule has 0 atom stereocenters. The summed E-state index contributed by atoms with van der Waals surface area (Å²) < 4.78 is 12.8. The molecular formula is C16H13FN4OS. The van der Waals surface area contributed by atoms with E-state index in [0.29, 0.717) is 16.3 Å². The molecule has 116 valence electrons. The van der Waals surface area contributed by atoms with E-state index in [1.165, 1.54) is 12.3 Å². The van der Waals surface area contributed by atoms with Crippen LogP contribution in [-0.4, -0.2) is 22.3 Å². The van der Waals surface area contributed by atoms with Gasteiger partial charge < -0.3 is 0 Å². The number of aryl methyl sites for hydroxylation is 1. The minimum Gasteiger partial charge on any atom is -0.272 e. The minimum atomic E-state index is -0.413. The molecule has 0 radical (unpaired) electrons. The first-order chi connectivity index (χ1) is 11.1. The summed E-state index contributed by atoms with van der Waals surface area (Å²) in [7, 11) is 0. The molecule has 2 N–H and O–H groups in total. The molecule has 0 aliphatic carbocycles. The lowest BCUT2D eigenvalue weighted by atomic mass is 10.1. The molecule has 0 saturated carbocycles. The van der Waals surface area contributed by atoms with Gasteiger partial charge in [-0.05, 0) is 25.1 Å². The molecule has 0 aliphatic heterocycles. The maximum absolute atomic E-state index is 12.8. The number of hydrazone groups is 1. The van der Waals surface area contributed by atoms with Gasteiger partial charge in [0.2, 0.25) is 0 Å². The lowest BCUT2D eigenvalue weighted by molar-refractivity contribution is 0.0950. The Balaban J connectivity index is 1.66. The fourth-order valence-electron chi connectivity index (χ4n) is 1.92. The largest absolute Gasteiger partial charge is 0.289 e. The second kappa shape index (κ2) is 6.53. The zero-order valence-corrected chi connectivity index (χ0v) is 13.0. The van der Waals surface area contributed by atoms with Crippen LogP contribution >= 0.6 is 11.3 Å². The highest BCUT2D eigenvalue weighted by molar-refractivity contribution is 7.12. The van der Waals surface area contributed by atoms with Gasteiger partial charge in [0.05, 0.1) is 16.8 Å². The number of amides is 1. The van der Waals surface area contributed by atoms with E-state index in [9.17, 15) is 9.18 Å². The molecule has 0 aliphatic rings. The van der Waals surface area contributed by atoms with Crippen LogP contribution in [0.5, 0.6) is 0 Å². The number of hydrogen-bond donors (Lipinski definition) is 2. The maximum atomic E-state index is 12.8. The fourth-order valence-corrected chi connectivity index (χ4v) is 2.53. The van der Waals surface area contributed by atoms with Gasteiger partial charge in [-0.2, -0.15) is 14.6 Å². The van der Waals surface area contributed by atoms with Crippen LogP contribution in [-0.2, 0) is 0 Å². The van der Waals surface area contributed by atoms with Gasteiger partial charge in [0, 0.05) is 5.56 Å². The van der Waals surface area contributed by atoms with E-state index in [4.69, 9.17) is 0 Å². The smallest absolute Gasteiger partial charge is 0.272 e. The van der Waals surface area contributed by atoms with Crippen molar-refractivity contribution in [3.8, 4) is 11.3 Å². The average molecular weight is 328 g/mol. The normalized spacial score (nSPS) is 11.0. The summed E-state index contributed by atoms with van der Waals surface area (Å²) in [6, 6.07) is 12.4. The predicted octanol–water partition coefficient (Wildman–Crippen LogP) is 3.35. The first-order valence-corrected chi connectivity index (χ1v) is 7.64. The average Bonchev–Trinajstić information content (AvgIpc) is 3.17. The molecule has 0 fully saturated rings. The molecule has 7 heteroatoms. The Hall–Kier alpha value is -2.80. The van der Waals surface area contributed by atoms with Gasteiger partial charge in [0.15, 0.2) is 5.13 Å². The second-order valence-corrected chi connectivity index (χ2v) is 5.94. The van der Waals surface area contributed by atoms with Crippen LogP contribution in [0.2, 0.25) is 0 Å². The first-order valence-electron chi connectivity index (χ1n) is 6.83. The Morgan fingerprint density at radius 3 is 2.78 bits per heavy atom. The van der Waals surface area contributed by atoms with Crippen molar-refractivity contribution in [1.82, 2.24) is 15.6 Å². The van der Waals surface area contributed by atoms with Crippen LogP contribution < -0.4 is 5.43 Å². The van der Waals surface area contributed by atoms with Crippen molar-refractivity contribution < 1.29 is 9.18 Å². The quantitative estimate of drug-likeness (QED) is 0.569. The van der Waals surface area contributed by atoms with Gasteiger partial charge in [0.25, 0.3) is 5.91 Å². The molecule has 23 heavy (non-hydrogen) atoms. The number of halogens is 1. The molecule has 1 amide bonds. The molecule has 0 unspecified atom stereocenters. The number of thiophene rings is 1. The van der Waals surface area contributed by atoms with Crippen molar-refractivity contribution in [2.75, 3.05) is 0 Å². The second-order valence-electron chi connectivity index (χ2n) is 4.87. The van der Waals surface area contributed by atoms with Crippen molar-refractivity contribution in [3.05, 3.63) is 63.7 Å². The minimum absolute atomic E-state index is 0.297. The SMILES string of the molecule is Cc1ccc(-c2cc(C(=O)N/N=C/c3ccc(F)s3)[nH]n2)cc1. The Kier molecular flexibility index (Phi) is 4.29. The van der Waals surface area contributed by atoms with Crippen molar-refractivity contribution in [3.63, 3.8) is 0 Å². The molecule has 2 aromatic heterocycles. The molecular weight excluding hydrogens is 315 g/mol. The Labute approximate surface area is 135 Å². The Morgan fingerprint density at radius 1 is 1.30 bits per heavy atom. The number of benzene rings is 1. The van der Waals surface area contributed by atoms with Gasteiger partial charge in [-0.3, -0.25) is 9.89 Å². The summed E-state index contributed by atoms with van der Waals surface area (Å²) in [5.74, 6) is -0.413. The van der Waals surface area contributed by atoms with E-state index in [0.717, 1.165) is 22.5 Å². The number of H-pyrrole nitrogens is 1. The summed E-state index contributed by atoms with van der Waals surface area (Å²) in [6.07, 6.45) is 1.39. The number of hydrogen-bond acceptors (Lipinski definition) is 4. The standard InChI is InChI=1S/C16H13FN4OS/c1-10-2-4-11(5-3-10)13-8-14(20-19-13)16(22)21-18-9-12-6-7-15(17)23-12/h2-9H,1H3,(H,19,20)(H,21,22)/b18-9+. The van der Waals surface area contributed by atoms with E-state index in [1.807, 2.05) is 31.2 Å². The summed E-state index contributed by atoms with van der Waals surface area (Å²) >= 11 is 0.950. The highest BCUT2D eigenvalue weighted by Gasteiger charge is 2.10. The van der Waals surface area contributed by atoms with Gasteiger partial charge in [0.1, 0.15) is 5.69 Å². The number of carbonyl (C=O) groups is 1. The van der Waals surface area contributed by atoms with Crippen LogP contribution in [0.4, 0.5) is 4.39 Å². The van der Waals surface area contributed by atoms with E-state index >= 15 is 0 Å². The third kappa shape index (κ3) is 3.70. The third-order valence-electron chi connectivity index (χ3n) is 3.12. The molecule has 0 spiro atoms. The molecule has 3 rings (SSSR count). The van der Waals surface area contributed by atoms with Crippen LogP contribution in [0, 0.1) is 12.1 Å². The number of aromatic nitrogens is 2. The molecule has 0 saturated heterocycles. The lowest BCUT2D eigenvalue weighted by Gasteiger charge is -1.96. The number of nitrogens with zero attached hydrogens (tertiary/aromatic N) is 2. The van der Waals surface area contributed by atoms with Gasteiger partial charge in [-0.25, -0.2) is 5.43 Å². The molecule has 0 bridgehead atoms. The van der Waals surface area contributed by atoms with Crippen LogP contribution in [0.15, 0.2) is 47.6 Å². The summed E-state index contributed by atoms with van der Waals surface area (Å²) in [4.78, 5) is 12.6. The zero-order chi connectivity index (χ0) is 16.2. The predicted molar refractivity (Wildman–Crippen MR) is 88.1 cm³/mol. The van der Waals surface area contributed by atoms with Gasteiger partial charge >= 0.3 is 0 Å². The van der Waals surface area contributed by atoms with Crippen LogP contribution in [0.25, 0.3) is 11.3 Å². The number of carbonyl (C=O) groups excluding carboxylic acids is 1. The lowest BCUT2D eigenvalue weighted by Crippen LogP contribution is -2.17. The fraction of sp³-hybridized carbons (Fsp3) is 0.0625. The van der Waals surface area contributed by atoms with Crippen LogP contribution in [0.3, 0.4) is 0 Å². The number of nitrogens with one attached hydrogen (secondary N) is 2. The molecule has 2 heterocycles. The monoisotopic (exact) mass is 328 g/mol.